The summed E-state index contributed by atoms with van der Waals surface area (Å²) < 4.78 is 39.9. The van der Waals surface area contributed by atoms with Gasteiger partial charge < -0.3 is 11.5 Å². The Labute approximate surface area is 131 Å². The molecule has 0 aromatic heterocycles. The lowest BCUT2D eigenvalue weighted by molar-refractivity contribution is -0.118. The van der Waals surface area contributed by atoms with Crippen molar-refractivity contribution in [1.82, 2.24) is 4.31 Å². The van der Waals surface area contributed by atoms with Crippen molar-refractivity contribution in [3.8, 4) is 0 Å². The van der Waals surface area contributed by atoms with E-state index in [1.54, 1.807) is 13.8 Å². The molecule has 0 spiro atoms. The maximum Gasteiger partial charge on any atom is 0.246 e. The fraction of sp³-hybridized carbons (Fsp3) is 0.417. The van der Waals surface area contributed by atoms with Gasteiger partial charge in [-0.15, -0.1) is 0 Å². The van der Waals surface area contributed by atoms with E-state index in [9.17, 15) is 17.6 Å². The van der Waals surface area contributed by atoms with Gasteiger partial charge in [0, 0.05) is 12.2 Å². The predicted octanol–water partition coefficient (Wildman–Crippen LogP) is 1.30. The summed E-state index contributed by atoms with van der Waals surface area (Å²) >= 11 is 2.91. The largest absolute Gasteiger partial charge is 0.399 e. The maximum atomic E-state index is 14.1. The average Bonchev–Trinajstić information content (AvgIpc) is 2.31. The second-order valence-electron chi connectivity index (χ2n) is 4.97. The van der Waals surface area contributed by atoms with Gasteiger partial charge in [-0.25, -0.2) is 12.8 Å². The highest BCUT2D eigenvalue weighted by atomic mass is 79.9. The molecule has 9 heteroatoms. The first-order chi connectivity index (χ1) is 9.55. The number of carbonyl (C=O) groups excluding carboxylic acids is 1. The van der Waals surface area contributed by atoms with Crippen LogP contribution in [0.1, 0.15) is 13.8 Å². The van der Waals surface area contributed by atoms with E-state index in [2.05, 4.69) is 15.9 Å². The Morgan fingerprint density at radius 1 is 1.43 bits per heavy atom. The van der Waals surface area contributed by atoms with E-state index in [1.807, 2.05) is 0 Å². The topological polar surface area (TPSA) is 106 Å². The number of hydrogen-bond acceptors (Lipinski definition) is 4. The Morgan fingerprint density at radius 3 is 2.48 bits per heavy atom. The molecule has 0 saturated heterocycles. The van der Waals surface area contributed by atoms with Crippen LogP contribution in [0.15, 0.2) is 21.5 Å². The van der Waals surface area contributed by atoms with Crippen molar-refractivity contribution in [2.75, 3.05) is 18.8 Å². The minimum absolute atomic E-state index is 0.0388. The standard InChI is InChI=1S/C12H17BrFN3O3S/c1-7(2)5-17(6-11(16)18)21(19,20)10-4-8(15)3-9(13)12(10)14/h3-4,7H,5-6,15H2,1-2H3,(H2,16,18). The smallest absolute Gasteiger partial charge is 0.246 e. The highest BCUT2D eigenvalue weighted by molar-refractivity contribution is 9.10. The summed E-state index contributed by atoms with van der Waals surface area (Å²) in [5.41, 5.74) is 10.7. The first-order valence-electron chi connectivity index (χ1n) is 6.08. The number of nitrogen functional groups attached to an aromatic ring is 1. The fourth-order valence-corrected chi connectivity index (χ4v) is 4.04. The van der Waals surface area contributed by atoms with Crippen molar-refractivity contribution in [3.63, 3.8) is 0 Å². The van der Waals surface area contributed by atoms with Crippen molar-refractivity contribution < 1.29 is 17.6 Å². The van der Waals surface area contributed by atoms with Gasteiger partial charge in [-0.3, -0.25) is 4.79 Å². The van der Waals surface area contributed by atoms with Gasteiger partial charge in [0.25, 0.3) is 0 Å². The summed E-state index contributed by atoms with van der Waals surface area (Å²) in [5.74, 6) is -1.84. The maximum absolute atomic E-state index is 14.1. The van der Waals surface area contributed by atoms with Gasteiger partial charge in [0.05, 0.1) is 11.0 Å². The molecule has 1 rings (SSSR count). The molecule has 0 unspecified atom stereocenters. The lowest BCUT2D eigenvalue weighted by atomic mass is 10.2. The lowest BCUT2D eigenvalue weighted by Gasteiger charge is -2.23. The van der Waals surface area contributed by atoms with E-state index < -0.39 is 33.2 Å². The Bertz CT molecular complexity index is 649. The van der Waals surface area contributed by atoms with Crippen LogP contribution in [0.3, 0.4) is 0 Å². The number of halogens is 2. The van der Waals surface area contributed by atoms with Crippen LogP contribution >= 0.6 is 15.9 Å². The molecule has 1 aromatic rings. The summed E-state index contributed by atoms with van der Waals surface area (Å²) in [7, 11) is -4.22. The third kappa shape index (κ3) is 4.39. The molecule has 1 aromatic carbocycles. The van der Waals surface area contributed by atoms with Crippen molar-refractivity contribution in [2.24, 2.45) is 11.7 Å². The zero-order chi connectivity index (χ0) is 16.4. The molecule has 0 saturated carbocycles. The molecular formula is C12H17BrFN3O3S. The molecule has 0 heterocycles. The molecule has 1 amide bonds. The quantitative estimate of drug-likeness (QED) is 0.724. The molecule has 0 atom stereocenters. The third-order valence-electron chi connectivity index (χ3n) is 2.54. The highest BCUT2D eigenvalue weighted by Crippen LogP contribution is 2.28. The Balaban J connectivity index is 3.38. The van der Waals surface area contributed by atoms with E-state index >= 15 is 0 Å². The molecule has 0 aliphatic rings. The normalized spacial score (nSPS) is 12.1. The predicted molar refractivity (Wildman–Crippen MR) is 81.3 cm³/mol. The van der Waals surface area contributed by atoms with Gasteiger partial charge in [-0.05, 0) is 34.0 Å². The van der Waals surface area contributed by atoms with Crippen LogP contribution in [0.5, 0.6) is 0 Å². The summed E-state index contributed by atoms with van der Waals surface area (Å²) in [6, 6.07) is 2.28. The number of nitrogens with two attached hydrogens (primary N) is 2. The molecular weight excluding hydrogens is 365 g/mol. The molecule has 6 nitrogen and oxygen atoms in total. The van der Waals surface area contributed by atoms with Gasteiger partial charge in [-0.1, -0.05) is 13.8 Å². The lowest BCUT2D eigenvalue weighted by Crippen LogP contribution is -2.40. The first-order valence-corrected chi connectivity index (χ1v) is 8.32. The zero-order valence-corrected chi connectivity index (χ0v) is 14.0. The first kappa shape index (κ1) is 17.9. The molecule has 4 N–H and O–H groups in total. The number of carbonyl (C=O) groups is 1. The summed E-state index contributed by atoms with van der Waals surface area (Å²) in [4.78, 5) is 10.5. The Hall–Kier alpha value is -1.19. The Kier molecular flexibility index (Phi) is 5.71. The number of anilines is 1. The number of hydrogen-bond donors (Lipinski definition) is 2. The molecule has 118 valence electrons. The number of benzene rings is 1. The monoisotopic (exact) mass is 381 g/mol. The highest BCUT2D eigenvalue weighted by Gasteiger charge is 2.30. The van der Waals surface area contributed by atoms with Crippen molar-refractivity contribution in [1.29, 1.82) is 0 Å². The number of primary amides is 1. The second kappa shape index (κ2) is 6.71. The van der Waals surface area contributed by atoms with Gasteiger partial charge in [0.15, 0.2) is 5.82 Å². The van der Waals surface area contributed by atoms with E-state index in [0.29, 0.717) is 0 Å². The van der Waals surface area contributed by atoms with Gasteiger partial charge >= 0.3 is 0 Å². The molecule has 0 fully saturated rings. The van der Waals surface area contributed by atoms with Crippen LogP contribution in [0.25, 0.3) is 0 Å². The number of rotatable bonds is 6. The van der Waals surface area contributed by atoms with E-state index in [4.69, 9.17) is 11.5 Å². The molecule has 0 bridgehead atoms. The van der Waals surface area contributed by atoms with Crippen molar-refractivity contribution in [3.05, 3.63) is 22.4 Å². The number of nitrogens with zero attached hydrogens (tertiary/aromatic N) is 1. The van der Waals surface area contributed by atoms with E-state index in [0.717, 1.165) is 10.4 Å². The summed E-state index contributed by atoms with van der Waals surface area (Å²) in [6.07, 6.45) is 0. The molecule has 21 heavy (non-hydrogen) atoms. The average molecular weight is 382 g/mol. The van der Waals surface area contributed by atoms with Gasteiger partial charge in [0.1, 0.15) is 4.90 Å². The number of amides is 1. The van der Waals surface area contributed by atoms with Crippen LogP contribution in [0.4, 0.5) is 10.1 Å². The second-order valence-corrected chi connectivity index (χ2v) is 7.73. The molecule has 0 radical (unpaired) electrons. The SMILES string of the molecule is CC(C)CN(CC(N)=O)S(=O)(=O)c1cc(N)cc(Br)c1F. The van der Waals surface area contributed by atoms with E-state index in [-0.39, 0.29) is 22.6 Å². The van der Waals surface area contributed by atoms with Gasteiger partial charge in [0.2, 0.25) is 15.9 Å². The third-order valence-corrected chi connectivity index (χ3v) is 4.92. The molecule has 0 aliphatic heterocycles. The van der Waals surface area contributed by atoms with Crippen molar-refractivity contribution >= 4 is 37.5 Å². The van der Waals surface area contributed by atoms with Crippen LogP contribution in [0.2, 0.25) is 0 Å². The van der Waals surface area contributed by atoms with Crippen LogP contribution < -0.4 is 11.5 Å². The summed E-state index contributed by atoms with van der Waals surface area (Å²) in [6.45, 7) is 3.06. The summed E-state index contributed by atoms with van der Waals surface area (Å²) in [5, 5.41) is 0. The van der Waals surface area contributed by atoms with E-state index in [1.165, 1.54) is 6.07 Å². The minimum atomic E-state index is -4.22. The zero-order valence-electron chi connectivity index (χ0n) is 11.6. The molecule has 0 aliphatic carbocycles. The van der Waals surface area contributed by atoms with Crippen LogP contribution in [0, 0.1) is 11.7 Å². The van der Waals surface area contributed by atoms with Crippen molar-refractivity contribution in [2.45, 2.75) is 18.7 Å². The van der Waals surface area contributed by atoms with Gasteiger partial charge in [-0.2, -0.15) is 4.31 Å². The fourth-order valence-electron chi connectivity index (χ4n) is 1.74. The Morgan fingerprint density at radius 2 is 2.00 bits per heavy atom. The van der Waals surface area contributed by atoms with Crippen LogP contribution in [-0.2, 0) is 14.8 Å². The number of sulfonamides is 1. The van der Waals surface area contributed by atoms with Crippen LogP contribution in [-0.4, -0.2) is 31.7 Å². The minimum Gasteiger partial charge on any atom is -0.399 e.